The molecule has 0 spiro atoms. The lowest BCUT2D eigenvalue weighted by atomic mass is 9.99. The normalized spacial score (nSPS) is 19.4. The van der Waals surface area contributed by atoms with Crippen LogP contribution >= 0.6 is 0 Å². The van der Waals surface area contributed by atoms with Crippen LogP contribution in [0.3, 0.4) is 0 Å². The molecule has 13 heteroatoms. The fourth-order valence-electron chi connectivity index (χ4n) is 8.82. The SMILES string of the molecule is CCCCCC/C=C\C/C=C\CCCCCCCCOCC(COC1OC(CO)C(O)C(OS(=O)(=O)O)C1O)OC(=O)CCCCCCCCCCCCCCCCCCCCCCCCCC. The van der Waals surface area contributed by atoms with Gasteiger partial charge in [-0.1, -0.05) is 231 Å². The van der Waals surface area contributed by atoms with Crippen LogP contribution in [-0.4, -0.2) is 97.5 Å². The third-order valence-corrected chi connectivity index (χ3v) is 13.5. The predicted molar refractivity (Wildman–Crippen MR) is 276 cm³/mol. The zero-order valence-corrected chi connectivity index (χ0v) is 44.3. The Morgan fingerprint density at radius 1 is 0.559 bits per heavy atom. The van der Waals surface area contributed by atoms with E-state index in [1.54, 1.807) is 0 Å². The summed E-state index contributed by atoms with van der Waals surface area (Å²) in [5.74, 6) is -0.397. The van der Waals surface area contributed by atoms with E-state index in [1.807, 2.05) is 0 Å². The summed E-state index contributed by atoms with van der Waals surface area (Å²) in [7, 11) is -5.07. The summed E-state index contributed by atoms with van der Waals surface area (Å²) < 4.78 is 59.3. The van der Waals surface area contributed by atoms with Gasteiger partial charge in [-0.2, -0.15) is 8.42 Å². The lowest BCUT2D eigenvalue weighted by Crippen LogP contribution is -2.60. The maximum absolute atomic E-state index is 12.9. The minimum atomic E-state index is -5.07. The van der Waals surface area contributed by atoms with Gasteiger partial charge in [0.05, 0.1) is 19.8 Å². The van der Waals surface area contributed by atoms with E-state index in [-0.39, 0.29) is 19.6 Å². The van der Waals surface area contributed by atoms with Crippen LogP contribution in [0.4, 0.5) is 0 Å². The maximum Gasteiger partial charge on any atom is 0.397 e. The van der Waals surface area contributed by atoms with Crippen molar-refractivity contribution in [3.8, 4) is 0 Å². The summed E-state index contributed by atoms with van der Waals surface area (Å²) in [6.07, 6.45) is 46.5. The molecule has 1 aliphatic heterocycles. The van der Waals surface area contributed by atoms with Crippen molar-refractivity contribution in [3.05, 3.63) is 24.3 Å². The average Bonchev–Trinajstić information content (AvgIpc) is 3.31. The van der Waals surface area contributed by atoms with Crippen LogP contribution in [0.5, 0.6) is 0 Å². The van der Waals surface area contributed by atoms with E-state index in [4.69, 9.17) is 18.9 Å². The van der Waals surface area contributed by atoms with E-state index in [0.717, 1.165) is 57.8 Å². The quantitative estimate of drug-likeness (QED) is 0.0196. The zero-order valence-electron chi connectivity index (χ0n) is 43.4. The number of allylic oxidation sites excluding steroid dienone is 4. The van der Waals surface area contributed by atoms with Crippen molar-refractivity contribution in [3.63, 3.8) is 0 Å². The maximum atomic E-state index is 12.9. The first-order valence-corrected chi connectivity index (χ1v) is 29.5. The molecule has 0 radical (unpaired) electrons. The highest BCUT2D eigenvalue weighted by atomic mass is 32.3. The zero-order chi connectivity index (χ0) is 49.6. The fourth-order valence-corrected chi connectivity index (χ4v) is 9.33. The Kier molecular flexibility index (Phi) is 44.3. The van der Waals surface area contributed by atoms with Crippen molar-refractivity contribution in [2.24, 2.45) is 0 Å². The molecule has 1 aliphatic rings. The molecule has 12 nitrogen and oxygen atoms in total. The first-order chi connectivity index (χ1) is 33.1. The van der Waals surface area contributed by atoms with Crippen molar-refractivity contribution < 1.29 is 56.2 Å². The molecule has 1 fully saturated rings. The second kappa shape index (κ2) is 46.6. The Balaban J connectivity index is 2.29. The van der Waals surface area contributed by atoms with Crippen molar-refractivity contribution >= 4 is 16.4 Å². The second-order valence-electron chi connectivity index (χ2n) is 19.5. The topological polar surface area (TPSA) is 178 Å². The number of aliphatic hydroxyl groups excluding tert-OH is 3. The largest absolute Gasteiger partial charge is 0.457 e. The molecule has 0 aromatic rings. The van der Waals surface area contributed by atoms with Gasteiger partial charge in [-0.05, 0) is 44.9 Å². The first-order valence-electron chi connectivity index (χ1n) is 28.1. The Bertz CT molecular complexity index is 1280. The number of rotatable bonds is 50. The van der Waals surface area contributed by atoms with Gasteiger partial charge in [-0.15, -0.1) is 0 Å². The summed E-state index contributed by atoms with van der Waals surface area (Å²) in [4.78, 5) is 12.9. The van der Waals surface area contributed by atoms with Crippen LogP contribution in [-0.2, 0) is 38.3 Å². The van der Waals surface area contributed by atoms with Gasteiger partial charge in [0.2, 0.25) is 0 Å². The minimum absolute atomic E-state index is 0.0331. The highest BCUT2D eigenvalue weighted by molar-refractivity contribution is 7.80. The molecule has 0 aliphatic carbocycles. The third-order valence-electron chi connectivity index (χ3n) is 13.1. The van der Waals surface area contributed by atoms with Crippen LogP contribution < -0.4 is 0 Å². The molecule has 6 atom stereocenters. The summed E-state index contributed by atoms with van der Waals surface area (Å²) in [6.45, 7) is 4.00. The molecule has 0 saturated carbocycles. The highest BCUT2D eigenvalue weighted by Gasteiger charge is 2.48. The number of carbonyl (C=O) groups is 1. The van der Waals surface area contributed by atoms with Crippen LogP contribution in [0.1, 0.15) is 258 Å². The van der Waals surface area contributed by atoms with Crippen LogP contribution in [0.2, 0.25) is 0 Å². The van der Waals surface area contributed by atoms with Crippen LogP contribution in [0.15, 0.2) is 24.3 Å². The van der Waals surface area contributed by atoms with Gasteiger partial charge >= 0.3 is 16.4 Å². The molecule has 68 heavy (non-hydrogen) atoms. The molecule has 4 N–H and O–H groups in total. The van der Waals surface area contributed by atoms with Crippen LogP contribution in [0, 0.1) is 0 Å². The van der Waals surface area contributed by atoms with Gasteiger partial charge in [0.15, 0.2) is 6.29 Å². The predicted octanol–water partition coefficient (Wildman–Crippen LogP) is 13.5. The van der Waals surface area contributed by atoms with E-state index in [9.17, 15) is 33.1 Å². The summed E-state index contributed by atoms with van der Waals surface area (Å²) in [6, 6.07) is 0. The van der Waals surface area contributed by atoms with E-state index >= 15 is 0 Å². The molecule has 0 aromatic heterocycles. The van der Waals surface area contributed by atoms with Gasteiger partial charge in [0.25, 0.3) is 0 Å². The first kappa shape index (κ1) is 64.6. The molecule has 1 heterocycles. The third kappa shape index (κ3) is 39.2. The number of unbranched alkanes of at least 4 members (excludes halogenated alkanes) is 33. The number of aliphatic hydroxyl groups is 3. The Morgan fingerprint density at radius 2 is 0.971 bits per heavy atom. The molecular weight excluding hydrogens is 885 g/mol. The Labute approximate surface area is 416 Å². The van der Waals surface area contributed by atoms with Crippen molar-refractivity contribution in [1.82, 2.24) is 0 Å². The minimum Gasteiger partial charge on any atom is -0.457 e. The van der Waals surface area contributed by atoms with Gasteiger partial charge in [-0.25, -0.2) is 4.18 Å². The molecule has 1 rings (SSSR count). The number of hydrogen-bond acceptors (Lipinski definition) is 11. The van der Waals surface area contributed by atoms with Gasteiger partial charge in [0, 0.05) is 13.0 Å². The number of carbonyl (C=O) groups excluding carboxylic acids is 1. The second-order valence-corrected chi connectivity index (χ2v) is 20.6. The van der Waals surface area contributed by atoms with Crippen LogP contribution in [0.25, 0.3) is 0 Å². The Hall–Kier alpha value is -1.42. The van der Waals surface area contributed by atoms with Gasteiger partial charge in [0.1, 0.15) is 30.5 Å². The summed E-state index contributed by atoms with van der Waals surface area (Å²) in [5, 5.41) is 30.8. The molecular formula is C55H104O12S. The fraction of sp³-hybridized carbons (Fsp3) is 0.909. The standard InChI is InChI=1S/C55H104O12S/c1-3-5-7-9-11-13-15-17-19-21-22-23-24-25-26-27-28-30-32-34-36-38-40-42-44-51(57)65-49(48-64-55-53(59)54(67-68(60,61)62)52(58)50(46-56)66-55)47-63-45-43-41-39-37-35-33-31-29-20-18-16-14-12-10-8-6-4-2/h14,16,20,29,49-50,52-56,58-59H,3-13,15,17-19,21-28,30-48H2,1-2H3,(H,60,61,62)/b16-14-,29-20-. The molecule has 0 amide bonds. The lowest BCUT2D eigenvalue weighted by Gasteiger charge is -2.41. The molecule has 0 bridgehead atoms. The van der Waals surface area contributed by atoms with E-state index in [2.05, 4.69) is 42.3 Å². The van der Waals surface area contributed by atoms with Crippen molar-refractivity contribution in [2.75, 3.05) is 26.4 Å². The number of hydrogen-bond donors (Lipinski definition) is 4. The van der Waals surface area contributed by atoms with E-state index in [1.165, 1.54) is 173 Å². The monoisotopic (exact) mass is 989 g/mol. The summed E-state index contributed by atoms with van der Waals surface area (Å²) >= 11 is 0. The lowest BCUT2D eigenvalue weighted by molar-refractivity contribution is -0.301. The van der Waals surface area contributed by atoms with E-state index in [0.29, 0.717) is 13.0 Å². The van der Waals surface area contributed by atoms with E-state index < -0.39 is 59.8 Å². The molecule has 6 unspecified atom stereocenters. The van der Waals surface area contributed by atoms with Crippen molar-refractivity contribution in [2.45, 2.75) is 295 Å². The highest BCUT2D eigenvalue weighted by Crippen LogP contribution is 2.26. The Morgan fingerprint density at radius 3 is 1.41 bits per heavy atom. The van der Waals surface area contributed by atoms with Crippen molar-refractivity contribution in [1.29, 1.82) is 0 Å². The average molecular weight is 989 g/mol. The smallest absolute Gasteiger partial charge is 0.397 e. The molecule has 0 aromatic carbocycles. The summed E-state index contributed by atoms with van der Waals surface area (Å²) in [5.41, 5.74) is 0. The van der Waals surface area contributed by atoms with Gasteiger partial charge in [-0.3, -0.25) is 9.35 Å². The molecule has 402 valence electrons. The van der Waals surface area contributed by atoms with Gasteiger partial charge < -0.3 is 34.3 Å². The number of ether oxygens (including phenoxy) is 4. The molecule has 1 saturated heterocycles. The number of esters is 1.